The number of hydrogen-bond donors (Lipinski definition) is 1. The average Bonchev–Trinajstić information content (AvgIpc) is 2.23. The van der Waals surface area contributed by atoms with Crippen molar-refractivity contribution in [3.05, 3.63) is 28.8 Å². The molecule has 0 aromatic heterocycles. The summed E-state index contributed by atoms with van der Waals surface area (Å²) in [5.74, 6) is -0.596. The number of aliphatic carboxylic acids is 1. The summed E-state index contributed by atoms with van der Waals surface area (Å²) in [5, 5.41) is 18.2. The van der Waals surface area contributed by atoms with Gasteiger partial charge in [-0.05, 0) is 18.2 Å². The Morgan fingerprint density at radius 1 is 1.59 bits per heavy atom. The number of anilines is 1. The molecule has 5 heteroatoms. The third-order valence-electron chi connectivity index (χ3n) is 2.84. The van der Waals surface area contributed by atoms with Gasteiger partial charge in [0.2, 0.25) is 0 Å². The Kier molecular flexibility index (Phi) is 3.21. The van der Waals surface area contributed by atoms with Crippen molar-refractivity contribution in [2.45, 2.75) is 6.42 Å². The van der Waals surface area contributed by atoms with E-state index in [4.69, 9.17) is 22.0 Å². The van der Waals surface area contributed by atoms with E-state index in [1.807, 2.05) is 4.90 Å². The summed E-state index contributed by atoms with van der Waals surface area (Å²) in [7, 11) is 0. The van der Waals surface area contributed by atoms with E-state index in [1.165, 1.54) is 0 Å². The molecule has 1 aromatic carbocycles. The van der Waals surface area contributed by atoms with Crippen LogP contribution in [0.2, 0.25) is 5.02 Å². The predicted molar refractivity (Wildman–Crippen MR) is 64.1 cm³/mol. The molecular weight excluding hydrogens is 240 g/mol. The number of nitrogens with zero attached hydrogens (tertiary/aromatic N) is 2. The molecule has 0 radical (unpaired) electrons. The van der Waals surface area contributed by atoms with Gasteiger partial charge in [0.15, 0.2) is 0 Å². The van der Waals surface area contributed by atoms with Crippen molar-refractivity contribution in [3.63, 3.8) is 0 Å². The molecule has 0 aliphatic carbocycles. The van der Waals surface area contributed by atoms with Crippen LogP contribution in [-0.4, -0.2) is 24.2 Å². The molecule has 0 bridgehead atoms. The average molecular weight is 251 g/mol. The number of rotatable bonds is 3. The van der Waals surface area contributed by atoms with E-state index in [2.05, 4.69) is 6.07 Å². The molecule has 1 aromatic rings. The van der Waals surface area contributed by atoms with Crippen molar-refractivity contribution in [3.8, 4) is 6.07 Å². The van der Waals surface area contributed by atoms with Crippen molar-refractivity contribution in [2.75, 3.05) is 18.0 Å². The maximum atomic E-state index is 10.5. The first-order chi connectivity index (χ1) is 8.10. The van der Waals surface area contributed by atoms with Crippen LogP contribution in [0.5, 0.6) is 0 Å². The summed E-state index contributed by atoms with van der Waals surface area (Å²) in [4.78, 5) is 12.5. The van der Waals surface area contributed by atoms with E-state index in [9.17, 15) is 4.79 Å². The molecule has 1 fully saturated rings. The monoisotopic (exact) mass is 250 g/mol. The summed E-state index contributed by atoms with van der Waals surface area (Å²) < 4.78 is 0. The van der Waals surface area contributed by atoms with Gasteiger partial charge in [0.25, 0.3) is 0 Å². The second-order valence-corrected chi connectivity index (χ2v) is 4.58. The van der Waals surface area contributed by atoms with Crippen LogP contribution in [0.4, 0.5) is 5.69 Å². The second-order valence-electron chi connectivity index (χ2n) is 4.14. The topological polar surface area (TPSA) is 64.3 Å². The molecule has 1 N–H and O–H groups in total. The Morgan fingerprint density at radius 3 is 2.88 bits per heavy atom. The van der Waals surface area contributed by atoms with Crippen molar-refractivity contribution in [1.82, 2.24) is 0 Å². The fourth-order valence-corrected chi connectivity index (χ4v) is 2.19. The highest BCUT2D eigenvalue weighted by Gasteiger charge is 2.29. The lowest BCUT2D eigenvalue weighted by Crippen LogP contribution is -2.47. The number of halogens is 1. The molecule has 0 spiro atoms. The number of hydrogen-bond acceptors (Lipinski definition) is 3. The molecule has 1 aliphatic rings. The Morgan fingerprint density at radius 2 is 2.29 bits per heavy atom. The van der Waals surface area contributed by atoms with Crippen molar-refractivity contribution >= 4 is 23.3 Å². The van der Waals surface area contributed by atoms with E-state index >= 15 is 0 Å². The second kappa shape index (κ2) is 4.64. The fourth-order valence-electron chi connectivity index (χ4n) is 2.02. The largest absolute Gasteiger partial charge is 0.481 e. The number of carboxylic acid groups (broad SMARTS) is 1. The summed E-state index contributed by atoms with van der Waals surface area (Å²) in [6.45, 7) is 1.37. The first kappa shape index (κ1) is 11.7. The fraction of sp³-hybridized carbons (Fsp3) is 0.333. The molecule has 88 valence electrons. The highest BCUT2D eigenvalue weighted by Crippen LogP contribution is 2.30. The zero-order valence-corrected chi connectivity index (χ0v) is 9.81. The van der Waals surface area contributed by atoms with E-state index in [-0.39, 0.29) is 12.3 Å². The van der Waals surface area contributed by atoms with Crippen LogP contribution in [-0.2, 0) is 4.79 Å². The molecule has 4 nitrogen and oxygen atoms in total. The molecule has 2 rings (SSSR count). The first-order valence-electron chi connectivity index (χ1n) is 5.26. The minimum atomic E-state index is -0.772. The number of carbonyl (C=O) groups is 1. The SMILES string of the molecule is N#Cc1cc(Cl)ccc1N1CC(CC(=O)O)C1. The van der Waals surface area contributed by atoms with E-state index < -0.39 is 5.97 Å². The van der Waals surface area contributed by atoms with Crippen molar-refractivity contribution in [2.24, 2.45) is 5.92 Å². The van der Waals surface area contributed by atoms with Crippen LogP contribution in [0.25, 0.3) is 0 Å². The predicted octanol–water partition coefficient (Wildman–Crippen LogP) is 2.12. The van der Waals surface area contributed by atoms with Gasteiger partial charge >= 0.3 is 5.97 Å². The van der Waals surface area contributed by atoms with Gasteiger partial charge in [0.1, 0.15) is 6.07 Å². The maximum Gasteiger partial charge on any atom is 0.303 e. The third-order valence-corrected chi connectivity index (χ3v) is 3.08. The van der Waals surface area contributed by atoms with Gasteiger partial charge in [0.05, 0.1) is 17.7 Å². The molecule has 1 aliphatic heterocycles. The lowest BCUT2D eigenvalue weighted by molar-refractivity contribution is -0.138. The Hall–Kier alpha value is -1.73. The molecular formula is C12H11ClN2O2. The smallest absolute Gasteiger partial charge is 0.303 e. The summed E-state index contributed by atoms with van der Waals surface area (Å²) in [6, 6.07) is 7.27. The van der Waals surface area contributed by atoms with E-state index in [0.717, 1.165) is 5.69 Å². The summed E-state index contributed by atoms with van der Waals surface area (Å²) in [5.41, 5.74) is 1.37. The highest BCUT2D eigenvalue weighted by molar-refractivity contribution is 6.30. The van der Waals surface area contributed by atoms with Gasteiger partial charge in [-0.2, -0.15) is 5.26 Å². The van der Waals surface area contributed by atoms with Crippen LogP contribution in [0.1, 0.15) is 12.0 Å². The molecule has 0 amide bonds. The normalized spacial score (nSPS) is 15.2. The summed E-state index contributed by atoms with van der Waals surface area (Å²) >= 11 is 5.81. The van der Waals surface area contributed by atoms with Crippen LogP contribution in [0.15, 0.2) is 18.2 Å². The molecule has 0 saturated carbocycles. The molecule has 0 unspecified atom stereocenters. The Labute approximate surface area is 104 Å². The van der Waals surface area contributed by atoms with E-state index in [1.54, 1.807) is 18.2 Å². The van der Waals surface area contributed by atoms with Gasteiger partial charge in [0, 0.05) is 24.0 Å². The number of carboxylic acids is 1. The Balaban J connectivity index is 2.06. The first-order valence-corrected chi connectivity index (χ1v) is 5.64. The number of nitriles is 1. The van der Waals surface area contributed by atoms with E-state index in [0.29, 0.717) is 23.7 Å². The molecule has 1 saturated heterocycles. The number of benzene rings is 1. The highest BCUT2D eigenvalue weighted by atomic mass is 35.5. The zero-order chi connectivity index (χ0) is 12.4. The third kappa shape index (κ3) is 2.51. The standard InChI is InChI=1S/C12H11ClN2O2/c13-10-1-2-11(9(4-10)5-14)15-6-8(7-15)3-12(16)17/h1-2,4,8H,3,6-7H2,(H,16,17). The van der Waals surface area contributed by atoms with Crippen molar-refractivity contribution in [1.29, 1.82) is 5.26 Å². The van der Waals surface area contributed by atoms with Gasteiger partial charge in [-0.1, -0.05) is 11.6 Å². The van der Waals surface area contributed by atoms with Gasteiger partial charge in [-0.15, -0.1) is 0 Å². The van der Waals surface area contributed by atoms with Crippen molar-refractivity contribution < 1.29 is 9.90 Å². The minimum absolute atomic E-state index is 0.176. The van der Waals surface area contributed by atoms with Gasteiger partial charge in [-0.3, -0.25) is 4.79 Å². The zero-order valence-electron chi connectivity index (χ0n) is 9.06. The molecule has 17 heavy (non-hydrogen) atoms. The lowest BCUT2D eigenvalue weighted by atomic mass is 9.95. The van der Waals surface area contributed by atoms with Crippen LogP contribution in [0, 0.1) is 17.2 Å². The lowest BCUT2D eigenvalue weighted by Gasteiger charge is -2.40. The van der Waals surface area contributed by atoms with Gasteiger partial charge < -0.3 is 10.0 Å². The van der Waals surface area contributed by atoms with Gasteiger partial charge in [-0.25, -0.2) is 0 Å². The van der Waals surface area contributed by atoms with Crippen LogP contribution >= 0.6 is 11.6 Å². The van der Waals surface area contributed by atoms with Crippen LogP contribution in [0.3, 0.4) is 0 Å². The summed E-state index contributed by atoms with van der Waals surface area (Å²) in [6.07, 6.45) is 0.186. The maximum absolute atomic E-state index is 10.5. The van der Waals surface area contributed by atoms with Crippen LogP contribution < -0.4 is 4.90 Å². The molecule has 0 atom stereocenters. The molecule has 1 heterocycles. The quantitative estimate of drug-likeness (QED) is 0.893. The Bertz CT molecular complexity index is 490. The minimum Gasteiger partial charge on any atom is -0.481 e.